The zero-order chi connectivity index (χ0) is 18.4. The number of hydrazone groups is 1. The van der Waals surface area contributed by atoms with Crippen molar-refractivity contribution in [2.75, 3.05) is 5.32 Å². The lowest BCUT2D eigenvalue weighted by Gasteiger charge is -2.05. The summed E-state index contributed by atoms with van der Waals surface area (Å²) in [6.45, 7) is 5.52. The van der Waals surface area contributed by atoms with Crippen molar-refractivity contribution < 1.29 is 14.7 Å². The highest BCUT2D eigenvalue weighted by atomic mass is 16.3. The molecule has 0 radical (unpaired) electrons. The van der Waals surface area contributed by atoms with E-state index in [4.69, 9.17) is 0 Å². The monoisotopic (exact) mass is 339 g/mol. The number of anilines is 1. The van der Waals surface area contributed by atoms with Crippen LogP contribution in [0.4, 0.5) is 5.69 Å². The molecule has 2 aromatic rings. The van der Waals surface area contributed by atoms with Gasteiger partial charge in [0.05, 0.1) is 6.21 Å². The van der Waals surface area contributed by atoms with Crippen LogP contribution in [0, 0.1) is 20.8 Å². The van der Waals surface area contributed by atoms with E-state index in [-0.39, 0.29) is 12.2 Å². The summed E-state index contributed by atoms with van der Waals surface area (Å²) in [7, 11) is 0. The molecule has 0 aliphatic heterocycles. The van der Waals surface area contributed by atoms with E-state index < -0.39 is 11.8 Å². The molecule has 0 fully saturated rings. The smallest absolute Gasteiger partial charge is 0.249 e. The van der Waals surface area contributed by atoms with Crippen LogP contribution in [-0.2, 0) is 9.59 Å². The first kappa shape index (κ1) is 18.2. The van der Waals surface area contributed by atoms with Crippen molar-refractivity contribution in [2.45, 2.75) is 27.2 Å². The predicted octanol–water partition coefficient (Wildman–Crippen LogP) is 2.80. The van der Waals surface area contributed by atoms with Crippen LogP contribution in [0.15, 0.2) is 41.5 Å². The second kappa shape index (κ2) is 8.10. The number of rotatable bonds is 5. The molecule has 0 saturated carbocycles. The second-order valence-electron chi connectivity index (χ2n) is 5.89. The van der Waals surface area contributed by atoms with Gasteiger partial charge < -0.3 is 10.4 Å². The van der Waals surface area contributed by atoms with Gasteiger partial charge in [-0.1, -0.05) is 17.7 Å². The highest BCUT2D eigenvalue weighted by Gasteiger charge is 2.09. The molecular formula is C19H21N3O3. The third kappa shape index (κ3) is 5.46. The van der Waals surface area contributed by atoms with Gasteiger partial charge in [-0.3, -0.25) is 9.59 Å². The molecule has 0 unspecified atom stereocenters. The van der Waals surface area contributed by atoms with E-state index in [1.807, 2.05) is 19.1 Å². The van der Waals surface area contributed by atoms with Crippen LogP contribution in [0.3, 0.4) is 0 Å². The van der Waals surface area contributed by atoms with Gasteiger partial charge in [0, 0.05) is 5.69 Å². The standard InChI is InChI=1S/C19H21N3O3/c1-12-4-6-16(7-5-12)21-17(23)10-18(24)22-20-11-15-8-13(2)19(25)14(3)9-15/h4-9,11,25H,10H2,1-3H3,(H,21,23)(H,22,24). The quantitative estimate of drug-likeness (QED) is 0.444. The summed E-state index contributed by atoms with van der Waals surface area (Å²) in [5.41, 5.74) is 6.25. The second-order valence-corrected chi connectivity index (χ2v) is 5.89. The van der Waals surface area contributed by atoms with E-state index in [1.54, 1.807) is 38.1 Å². The lowest BCUT2D eigenvalue weighted by Crippen LogP contribution is -2.24. The third-order valence-corrected chi connectivity index (χ3v) is 3.57. The van der Waals surface area contributed by atoms with Gasteiger partial charge in [0.25, 0.3) is 0 Å². The molecule has 0 saturated heterocycles. The van der Waals surface area contributed by atoms with E-state index in [0.29, 0.717) is 5.69 Å². The molecule has 6 heteroatoms. The minimum absolute atomic E-state index is 0.244. The van der Waals surface area contributed by atoms with Gasteiger partial charge in [-0.2, -0.15) is 5.10 Å². The third-order valence-electron chi connectivity index (χ3n) is 3.57. The Morgan fingerprint density at radius 2 is 1.64 bits per heavy atom. The fourth-order valence-corrected chi connectivity index (χ4v) is 2.27. The number of hydrogen-bond donors (Lipinski definition) is 3. The normalized spacial score (nSPS) is 10.7. The molecule has 0 atom stereocenters. The van der Waals surface area contributed by atoms with Gasteiger partial charge >= 0.3 is 0 Å². The summed E-state index contributed by atoms with van der Waals surface area (Å²) in [6, 6.07) is 10.8. The van der Waals surface area contributed by atoms with Gasteiger partial charge in [0.15, 0.2) is 0 Å². The van der Waals surface area contributed by atoms with Crippen molar-refractivity contribution in [1.29, 1.82) is 0 Å². The van der Waals surface area contributed by atoms with E-state index in [2.05, 4.69) is 15.8 Å². The number of aryl methyl sites for hydroxylation is 3. The molecule has 0 aliphatic rings. The van der Waals surface area contributed by atoms with E-state index >= 15 is 0 Å². The molecular weight excluding hydrogens is 318 g/mol. The van der Waals surface area contributed by atoms with Gasteiger partial charge in [0.1, 0.15) is 12.2 Å². The number of benzene rings is 2. The number of carbonyl (C=O) groups excluding carboxylic acids is 2. The van der Waals surface area contributed by atoms with Crippen LogP contribution in [0.2, 0.25) is 0 Å². The SMILES string of the molecule is Cc1ccc(NC(=O)CC(=O)NN=Cc2cc(C)c(O)c(C)c2)cc1. The number of amides is 2. The fraction of sp³-hybridized carbons (Fsp3) is 0.211. The summed E-state index contributed by atoms with van der Waals surface area (Å²) >= 11 is 0. The molecule has 3 N–H and O–H groups in total. The van der Waals surface area contributed by atoms with Crippen LogP contribution in [0.25, 0.3) is 0 Å². The Hall–Kier alpha value is -3.15. The maximum absolute atomic E-state index is 11.8. The number of hydrogen-bond acceptors (Lipinski definition) is 4. The first-order chi connectivity index (χ1) is 11.8. The molecule has 2 rings (SSSR count). The van der Waals surface area contributed by atoms with Gasteiger partial charge in [-0.05, 0) is 61.7 Å². The zero-order valence-corrected chi connectivity index (χ0v) is 14.5. The summed E-state index contributed by atoms with van der Waals surface area (Å²) in [5, 5.41) is 16.2. The van der Waals surface area contributed by atoms with Gasteiger partial charge in [0.2, 0.25) is 11.8 Å². The Kier molecular flexibility index (Phi) is 5.89. The Balaban J connectivity index is 1.85. The van der Waals surface area contributed by atoms with E-state index in [1.165, 1.54) is 6.21 Å². The predicted molar refractivity (Wildman–Crippen MR) is 97.7 cm³/mol. The van der Waals surface area contributed by atoms with Crippen molar-refractivity contribution >= 4 is 23.7 Å². The van der Waals surface area contributed by atoms with Gasteiger partial charge in [-0.15, -0.1) is 0 Å². The minimum atomic E-state index is -0.506. The number of phenolic OH excluding ortho intramolecular Hbond substituents is 1. The van der Waals surface area contributed by atoms with Crippen molar-refractivity contribution in [1.82, 2.24) is 5.43 Å². The van der Waals surface area contributed by atoms with Gasteiger partial charge in [-0.25, -0.2) is 5.43 Å². The van der Waals surface area contributed by atoms with Crippen molar-refractivity contribution in [2.24, 2.45) is 5.10 Å². The highest BCUT2D eigenvalue weighted by molar-refractivity contribution is 6.03. The average Bonchev–Trinajstić information content (AvgIpc) is 2.54. The number of carbonyl (C=O) groups is 2. The number of nitrogens with one attached hydrogen (secondary N) is 2. The lowest BCUT2D eigenvalue weighted by atomic mass is 10.1. The van der Waals surface area contributed by atoms with Crippen molar-refractivity contribution in [3.63, 3.8) is 0 Å². The molecule has 130 valence electrons. The molecule has 0 spiro atoms. The van der Waals surface area contributed by atoms with E-state index in [9.17, 15) is 14.7 Å². The number of aromatic hydroxyl groups is 1. The summed E-state index contributed by atoms with van der Waals surface area (Å²) in [5.74, 6) is -0.671. The molecule has 2 amide bonds. The molecule has 0 bridgehead atoms. The fourth-order valence-electron chi connectivity index (χ4n) is 2.27. The van der Waals surface area contributed by atoms with Crippen LogP contribution < -0.4 is 10.7 Å². The Bertz CT molecular complexity index is 788. The summed E-state index contributed by atoms with van der Waals surface area (Å²) in [6.07, 6.45) is 1.15. The molecule has 25 heavy (non-hydrogen) atoms. The Morgan fingerprint density at radius 1 is 1.04 bits per heavy atom. The number of phenols is 1. The van der Waals surface area contributed by atoms with Crippen LogP contribution in [0.1, 0.15) is 28.7 Å². The first-order valence-electron chi connectivity index (χ1n) is 7.84. The minimum Gasteiger partial charge on any atom is -0.507 e. The molecule has 6 nitrogen and oxygen atoms in total. The molecule has 0 heterocycles. The topological polar surface area (TPSA) is 90.8 Å². The summed E-state index contributed by atoms with van der Waals surface area (Å²) in [4.78, 5) is 23.6. The Morgan fingerprint density at radius 3 is 2.24 bits per heavy atom. The summed E-state index contributed by atoms with van der Waals surface area (Å²) < 4.78 is 0. The maximum Gasteiger partial charge on any atom is 0.249 e. The molecule has 0 aliphatic carbocycles. The lowest BCUT2D eigenvalue weighted by molar-refractivity contribution is -0.126. The number of nitrogens with zero attached hydrogens (tertiary/aromatic N) is 1. The van der Waals surface area contributed by atoms with Crippen LogP contribution >= 0.6 is 0 Å². The molecule has 0 aromatic heterocycles. The van der Waals surface area contributed by atoms with E-state index in [0.717, 1.165) is 22.3 Å². The highest BCUT2D eigenvalue weighted by Crippen LogP contribution is 2.21. The molecule has 2 aromatic carbocycles. The van der Waals surface area contributed by atoms with Crippen molar-refractivity contribution in [3.05, 3.63) is 58.7 Å². The average molecular weight is 339 g/mol. The first-order valence-corrected chi connectivity index (χ1v) is 7.84. The maximum atomic E-state index is 11.8. The van der Waals surface area contributed by atoms with Crippen molar-refractivity contribution in [3.8, 4) is 5.75 Å². The van der Waals surface area contributed by atoms with Crippen LogP contribution in [-0.4, -0.2) is 23.1 Å². The van der Waals surface area contributed by atoms with Crippen LogP contribution in [0.5, 0.6) is 5.75 Å². The Labute approximate surface area is 146 Å². The zero-order valence-electron chi connectivity index (χ0n) is 14.5. The largest absolute Gasteiger partial charge is 0.507 e.